The molecule has 1 heterocycles. The van der Waals surface area contributed by atoms with E-state index in [4.69, 9.17) is 15.4 Å². The lowest BCUT2D eigenvalue weighted by molar-refractivity contribution is -0.117. The molecule has 4 N–H and O–H groups in total. The van der Waals surface area contributed by atoms with E-state index < -0.39 is 17.9 Å². The summed E-state index contributed by atoms with van der Waals surface area (Å²) in [5.41, 5.74) is 6.00. The van der Waals surface area contributed by atoms with Crippen LogP contribution in [-0.2, 0) is 11.2 Å². The summed E-state index contributed by atoms with van der Waals surface area (Å²) in [6, 6.07) is 5.14. The Labute approximate surface area is 138 Å². The molecule has 24 heavy (non-hydrogen) atoms. The van der Waals surface area contributed by atoms with Crippen molar-refractivity contribution in [2.75, 3.05) is 5.32 Å². The fraction of sp³-hybridized carbons (Fsp3) is 0.250. The third kappa shape index (κ3) is 4.50. The van der Waals surface area contributed by atoms with E-state index >= 15 is 0 Å². The van der Waals surface area contributed by atoms with Crippen LogP contribution in [0.5, 0.6) is 0 Å². The van der Waals surface area contributed by atoms with Crippen LogP contribution in [0, 0.1) is 0 Å². The first kappa shape index (κ1) is 17.4. The minimum atomic E-state index is -1.14. The van der Waals surface area contributed by atoms with Gasteiger partial charge >= 0.3 is 5.97 Å². The number of aromatic carboxylic acids is 1. The Morgan fingerprint density at radius 1 is 1.42 bits per heavy atom. The second kappa shape index (κ2) is 8.02. The van der Waals surface area contributed by atoms with Gasteiger partial charge in [-0.05, 0) is 24.6 Å². The number of amides is 1. The molecule has 8 nitrogen and oxygen atoms in total. The molecular formula is C16H18N4O4. The Kier molecular flexibility index (Phi) is 5.80. The number of carbonyl (C=O) groups is 2. The number of hydrogen-bond acceptors (Lipinski definition) is 6. The van der Waals surface area contributed by atoms with Crippen molar-refractivity contribution >= 4 is 23.6 Å². The predicted molar refractivity (Wildman–Crippen MR) is 87.3 cm³/mol. The van der Waals surface area contributed by atoms with Gasteiger partial charge in [0.25, 0.3) is 0 Å². The summed E-state index contributed by atoms with van der Waals surface area (Å²) in [5.74, 6) is -1.02. The molecule has 1 aromatic carbocycles. The Balaban J connectivity index is 2.01. The maximum absolute atomic E-state index is 12.1. The fourth-order valence-corrected chi connectivity index (χ4v) is 1.93. The molecule has 1 unspecified atom stereocenters. The van der Waals surface area contributed by atoms with Crippen LogP contribution >= 0.6 is 0 Å². The standard InChI is InChI=1S/C16H18N4O4/c1-2-3-8-13-19-14(24-20-13)9-11(17)15(21)18-12-7-5-4-6-10(12)16(22)23/h3-8,11H,2,9,17H2,1H3,(H,18,21)(H,22,23)/b8-3+. The highest BCUT2D eigenvalue weighted by Crippen LogP contribution is 2.15. The zero-order valence-electron chi connectivity index (χ0n) is 13.1. The van der Waals surface area contributed by atoms with E-state index in [2.05, 4.69) is 15.5 Å². The molecule has 1 atom stereocenters. The van der Waals surface area contributed by atoms with Crippen LogP contribution < -0.4 is 11.1 Å². The van der Waals surface area contributed by atoms with Crippen LogP contribution in [-0.4, -0.2) is 33.2 Å². The Hall–Kier alpha value is -3.00. The third-order valence-electron chi connectivity index (χ3n) is 3.13. The number of allylic oxidation sites excluding steroid dienone is 1. The molecule has 126 valence electrons. The minimum Gasteiger partial charge on any atom is -0.478 e. The van der Waals surface area contributed by atoms with Gasteiger partial charge in [-0.25, -0.2) is 4.79 Å². The average molecular weight is 330 g/mol. The second-order valence-electron chi connectivity index (χ2n) is 5.01. The van der Waals surface area contributed by atoms with Crippen LogP contribution in [0.3, 0.4) is 0 Å². The number of hydrogen-bond donors (Lipinski definition) is 3. The quantitative estimate of drug-likeness (QED) is 0.704. The zero-order valence-corrected chi connectivity index (χ0v) is 13.1. The summed E-state index contributed by atoms with van der Waals surface area (Å²) in [5, 5.41) is 15.4. The number of para-hydroxylation sites is 1. The lowest BCUT2D eigenvalue weighted by atomic mass is 10.1. The zero-order chi connectivity index (χ0) is 17.5. The van der Waals surface area contributed by atoms with Gasteiger partial charge in [-0.15, -0.1) is 0 Å². The maximum atomic E-state index is 12.1. The number of nitrogens with zero attached hydrogens (tertiary/aromatic N) is 2. The van der Waals surface area contributed by atoms with Gasteiger partial charge in [0.2, 0.25) is 11.8 Å². The van der Waals surface area contributed by atoms with Crippen LogP contribution in [0.2, 0.25) is 0 Å². The van der Waals surface area contributed by atoms with Crippen LogP contribution in [0.1, 0.15) is 35.4 Å². The molecular weight excluding hydrogens is 312 g/mol. The highest BCUT2D eigenvalue weighted by molar-refractivity contribution is 6.02. The third-order valence-corrected chi connectivity index (χ3v) is 3.13. The van der Waals surface area contributed by atoms with Crippen molar-refractivity contribution in [1.82, 2.24) is 10.1 Å². The largest absolute Gasteiger partial charge is 0.478 e. The number of benzene rings is 1. The lowest BCUT2D eigenvalue weighted by Gasteiger charge is -2.12. The molecule has 1 aromatic heterocycles. The van der Waals surface area contributed by atoms with E-state index in [0.29, 0.717) is 5.82 Å². The minimum absolute atomic E-state index is 0.0113. The van der Waals surface area contributed by atoms with E-state index in [1.807, 2.05) is 13.0 Å². The molecule has 0 saturated carbocycles. The van der Waals surface area contributed by atoms with Crippen molar-refractivity contribution in [3.8, 4) is 0 Å². The molecule has 1 amide bonds. The Morgan fingerprint density at radius 3 is 2.88 bits per heavy atom. The molecule has 0 aliphatic carbocycles. The summed E-state index contributed by atoms with van der Waals surface area (Å²) in [6.45, 7) is 1.98. The van der Waals surface area contributed by atoms with Gasteiger partial charge in [0, 0.05) is 0 Å². The summed E-state index contributed by atoms with van der Waals surface area (Å²) < 4.78 is 5.03. The average Bonchev–Trinajstić information content (AvgIpc) is 3.00. The summed E-state index contributed by atoms with van der Waals surface area (Å²) in [4.78, 5) is 27.4. The molecule has 8 heteroatoms. The normalized spacial score (nSPS) is 12.2. The van der Waals surface area contributed by atoms with E-state index in [-0.39, 0.29) is 23.6 Å². The molecule has 0 saturated heterocycles. The summed E-state index contributed by atoms with van der Waals surface area (Å²) in [6.07, 6.45) is 4.48. The maximum Gasteiger partial charge on any atom is 0.337 e. The molecule has 0 spiro atoms. The SMILES string of the molecule is CC/C=C/c1noc(CC(N)C(=O)Nc2ccccc2C(=O)O)n1. The Morgan fingerprint density at radius 2 is 2.17 bits per heavy atom. The molecule has 0 radical (unpaired) electrons. The molecule has 0 aliphatic heterocycles. The number of aromatic nitrogens is 2. The van der Waals surface area contributed by atoms with Crippen molar-refractivity contribution in [2.45, 2.75) is 25.8 Å². The molecule has 2 rings (SSSR count). The first-order valence-electron chi connectivity index (χ1n) is 7.39. The number of rotatable bonds is 7. The fourth-order valence-electron chi connectivity index (χ4n) is 1.93. The first-order chi connectivity index (χ1) is 11.5. The summed E-state index contributed by atoms with van der Waals surface area (Å²) in [7, 11) is 0. The van der Waals surface area contributed by atoms with E-state index in [1.54, 1.807) is 18.2 Å². The van der Waals surface area contributed by atoms with E-state index in [9.17, 15) is 9.59 Å². The topological polar surface area (TPSA) is 131 Å². The van der Waals surface area contributed by atoms with Gasteiger partial charge < -0.3 is 20.7 Å². The van der Waals surface area contributed by atoms with Crippen LogP contribution in [0.25, 0.3) is 6.08 Å². The first-order valence-corrected chi connectivity index (χ1v) is 7.39. The molecule has 0 aliphatic rings. The number of carbonyl (C=O) groups excluding carboxylic acids is 1. The lowest BCUT2D eigenvalue weighted by Crippen LogP contribution is -2.37. The van der Waals surface area contributed by atoms with Crippen molar-refractivity contribution in [3.05, 3.63) is 47.6 Å². The van der Waals surface area contributed by atoms with Gasteiger partial charge in [-0.2, -0.15) is 4.98 Å². The summed E-state index contributed by atoms with van der Waals surface area (Å²) >= 11 is 0. The number of carboxylic acid groups (broad SMARTS) is 1. The van der Waals surface area contributed by atoms with Crippen molar-refractivity contribution in [2.24, 2.45) is 5.73 Å². The highest BCUT2D eigenvalue weighted by atomic mass is 16.5. The van der Waals surface area contributed by atoms with Crippen LogP contribution in [0.4, 0.5) is 5.69 Å². The number of nitrogens with one attached hydrogen (secondary N) is 1. The molecule has 2 aromatic rings. The van der Waals surface area contributed by atoms with Gasteiger partial charge in [0.15, 0.2) is 5.82 Å². The van der Waals surface area contributed by atoms with E-state index in [0.717, 1.165) is 6.42 Å². The number of anilines is 1. The monoisotopic (exact) mass is 330 g/mol. The Bertz CT molecular complexity index is 754. The number of nitrogens with two attached hydrogens (primary N) is 1. The van der Waals surface area contributed by atoms with E-state index in [1.165, 1.54) is 12.1 Å². The van der Waals surface area contributed by atoms with Gasteiger partial charge in [-0.1, -0.05) is 30.3 Å². The van der Waals surface area contributed by atoms with Gasteiger partial charge in [-0.3, -0.25) is 4.79 Å². The second-order valence-corrected chi connectivity index (χ2v) is 5.01. The van der Waals surface area contributed by atoms with Crippen molar-refractivity contribution in [1.29, 1.82) is 0 Å². The molecule has 0 bridgehead atoms. The predicted octanol–water partition coefficient (Wildman–Crippen LogP) is 1.70. The van der Waals surface area contributed by atoms with Gasteiger partial charge in [0.05, 0.1) is 23.7 Å². The van der Waals surface area contributed by atoms with Crippen molar-refractivity contribution in [3.63, 3.8) is 0 Å². The smallest absolute Gasteiger partial charge is 0.337 e. The van der Waals surface area contributed by atoms with Crippen LogP contribution in [0.15, 0.2) is 34.9 Å². The highest BCUT2D eigenvalue weighted by Gasteiger charge is 2.20. The number of carboxylic acids is 1. The van der Waals surface area contributed by atoms with Crippen molar-refractivity contribution < 1.29 is 19.2 Å². The molecule has 0 fully saturated rings. The van der Waals surface area contributed by atoms with Gasteiger partial charge in [0.1, 0.15) is 0 Å².